The fourth-order valence-corrected chi connectivity index (χ4v) is 2.67. The molecule has 6 nitrogen and oxygen atoms in total. The van der Waals surface area contributed by atoms with Crippen LogP contribution >= 0.6 is 0 Å². The van der Waals surface area contributed by atoms with Gasteiger partial charge in [-0.3, -0.25) is 9.59 Å². The average molecular weight is 298 g/mol. The fourth-order valence-electron chi connectivity index (χ4n) is 2.67. The molecule has 0 unspecified atom stereocenters. The van der Waals surface area contributed by atoms with Gasteiger partial charge in [-0.1, -0.05) is 0 Å². The van der Waals surface area contributed by atoms with E-state index in [4.69, 9.17) is 5.73 Å². The van der Waals surface area contributed by atoms with Gasteiger partial charge in [-0.05, 0) is 42.7 Å². The van der Waals surface area contributed by atoms with Gasteiger partial charge in [0.1, 0.15) is 5.69 Å². The summed E-state index contributed by atoms with van der Waals surface area (Å²) in [6.07, 6.45) is 3.64. The second-order valence-corrected chi connectivity index (χ2v) is 5.45. The van der Waals surface area contributed by atoms with Crippen LogP contribution in [0.15, 0.2) is 30.5 Å². The molecule has 4 N–H and O–H groups in total. The van der Waals surface area contributed by atoms with Crippen LogP contribution in [-0.2, 0) is 13.5 Å². The summed E-state index contributed by atoms with van der Waals surface area (Å²) in [5, 5.41) is 6.19. The van der Waals surface area contributed by atoms with Crippen molar-refractivity contribution in [3.63, 3.8) is 0 Å². The molecule has 0 radical (unpaired) electrons. The van der Waals surface area contributed by atoms with E-state index in [0.717, 1.165) is 30.8 Å². The van der Waals surface area contributed by atoms with Crippen LogP contribution in [0, 0.1) is 0 Å². The average Bonchev–Trinajstić information content (AvgIpc) is 2.89. The third-order valence-corrected chi connectivity index (χ3v) is 3.82. The summed E-state index contributed by atoms with van der Waals surface area (Å²) < 4.78 is 1.59. The minimum absolute atomic E-state index is 0.265. The topological polar surface area (TPSA) is 89.2 Å². The van der Waals surface area contributed by atoms with Crippen molar-refractivity contribution >= 4 is 23.2 Å². The van der Waals surface area contributed by atoms with E-state index in [2.05, 4.69) is 10.6 Å². The van der Waals surface area contributed by atoms with Crippen LogP contribution < -0.4 is 16.4 Å². The number of hydrogen-bond acceptors (Lipinski definition) is 3. The van der Waals surface area contributed by atoms with E-state index in [-0.39, 0.29) is 5.91 Å². The van der Waals surface area contributed by atoms with Gasteiger partial charge >= 0.3 is 0 Å². The SMILES string of the molecule is Cn1cc(C(N)=O)cc1C(=O)Nc1ccc2c(c1)CCCN2. The van der Waals surface area contributed by atoms with Crippen LogP contribution in [0.25, 0.3) is 0 Å². The Hall–Kier alpha value is -2.76. The molecule has 2 aromatic rings. The summed E-state index contributed by atoms with van der Waals surface area (Å²) in [4.78, 5) is 23.5. The Morgan fingerprint density at radius 3 is 2.86 bits per heavy atom. The fraction of sp³-hybridized carbons (Fsp3) is 0.250. The Kier molecular flexibility index (Phi) is 3.58. The van der Waals surface area contributed by atoms with Gasteiger partial charge in [0.25, 0.3) is 5.91 Å². The summed E-state index contributed by atoms with van der Waals surface area (Å²) >= 11 is 0. The number of benzene rings is 1. The number of aryl methyl sites for hydroxylation is 2. The van der Waals surface area contributed by atoms with Crippen molar-refractivity contribution in [2.75, 3.05) is 17.2 Å². The van der Waals surface area contributed by atoms with Crippen molar-refractivity contribution in [3.8, 4) is 0 Å². The molecule has 0 bridgehead atoms. The standard InChI is InChI=1S/C16H18N4O2/c1-20-9-11(15(17)21)8-14(20)16(22)19-12-4-5-13-10(7-12)3-2-6-18-13/h4-5,7-9,18H,2-3,6H2,1H3,(H2,17,21)(H,19,22). The number of carbonyl (C=O) groups is 2. The highest BCUT2D eigenvalue weighted by Gasteiger charge is 2.15. The first-order chi connectivity index (χ1) is 10.5. The van der Waals surface area contributed by atoms with E-state index in [0.29, 0.717) is 11.3 Å². The zero-order valence-corrected chi connectivity index (χ0v) is 12.3. The molecule has 1 aromatic carbocycles. The summed E-state index contributed by atoms with van der Waals surface area (Å²) in [6.45, 7) is 0.984. The Morgan fingerprint density at radius 1 is 1.32 bits per heavy atom. The zero-order valence-electron chi connectivity index (χ0n) is 12.3. The van der Waals surface area contributed by atoms with Gasteiger partial charge in [0.2, 0.25) is 5.91 Å². The predicted octanol–water partition coefficient (Wildman–Crippen LogP) is 1.73. The quantitative estimate of drug-likeness (QED) is 0.806. The number of rotatable bonds is 3. The monoisotopic (exact) mass is 298 g/mol. The number of nitrogens with one attached hydrogen (secondary N) is 2. The molecule has 0 atom stereocenters. The smallest absolute Gasteiger partial charge is 0.272 e. The lowest BCUT2D eigenvalue weighted by Gasteiger charge is -2.18. The molecule has 0 spiro atoms. The summed E-state index contributed by atoms with van der Waals surface area (Å²) in [7, 11) is 1.71. The molecule has 2 amide bonds. The highest BCUT2D eigenvalue weighted by Crippen LogP contribution is 2.25. The van der Waals surface area contributed by atoms with E-state index in [9.17, 15) is 9.59 Å². The van der Waals surface area contributed by atoms with Gasteiger partial charge in [-0.15, -0.1) is 0 Å². The van der Waals surface area contributed by atoms with Crippen molar-refractivity contribution in [2.45, 2.75) is 12.8 Å². The van der Waals surface area contributed by atoms with Crippen LogP contribution in [0.4, 0.5) is 11.4 Å². The van der Waals surface area contributed by atoms with Crippen LogP contribution in [0.3, 0.4) is 0 Å². The summed E-state index contributed by atoms with van der Waals surface area (Å²) in [5.74, 6) is -0.812. The molecule has 0 fully saturated rings. The van der Waals surface area contributed by atoms with E-state index in [1.165, 1.54) is 11.6 Å². The first-order valence-electron chi connectivity index (χ1n) is 7.19. The van der Waals surface area contributed by atoms with Gasteiger partial charge < -0.3 is 20.9 Å². The highest BCUT2D eigenvalue weighted by molar-refractivity contribution is 6.05. The van der Waals surface area contributed by atoms with Gasteiger partial charge in [-0.2, -0.15) is 0 Å². The Balaban J connectivity index is 1.81. The summed E-state index contributed by atoms with van der Waals surface area (Å²) in [5.41, 5.74) is 9.02. The van der Waals surface area contributed by atoms with Crippen LogP contribution in [0.1, 0.15) is 32.8 Å². The lowest BCUT2D eigenvalue weighted by Crippen LogP contribution is -2.16. The van der Waals surface area contributed by atoms with Crippen molar-refractivity contribution in [2.24, 2.45) is 12.8 Å². The number of fused-ring (bicyclic) bond motifs is 1. The number of anilines is 2. The highest BCUT2D eigenvalue weighted by atomic mass is 16.2. The number of nitrogens with zero attached hydrogens (tertiary/aromatic N) is 1. The van der Waals surface area contributed by atoms with Crippen molar-refractivity contribution in [3.05, 3.63) is 47.3 Å². The maximum atomic E-state index is 12.3. The molecule has 6 heteroatoms. The van der Waals surface area contributed by atoms with Gasteiger partial charge in [-0.25, -0.2) is 0 Å². The summed E-state index contributed by atoms with van der Waals surface area (Å²) in [6, 6.07) is 7.33. The maximum absolute atomic E-state index is 12.3. The molecule has 0 saturated carbocycles. The first-order valence-corrected chi connectivity index (χ1v) is 7.19. The second-order valence-electron chi connectivity index (χ2n) is 5.45. The van der Waals surface area contributed by atoms with Crippen molar-refractivity contribution < 1.29 is 9.59 Å². The van der Waals surface area contributed by atoms with E-state index in [1.54, 1.807) is 17.8 Å². The second kappa shape index (κ2) is 5.55. The Labute approximate surface area is 128 Å². The van der Waals surface area contributed by atoms with Crippen molar-refractivity contribution in [1.82, 2.24) is 4.57 Å². The zero-order chi connectivity index (χ0) is 15.7. The van der Waals surface area contributed by atoms with Crippen molar-refractivity contribution in [1.29, 1.82) is 0 Å². The molecule has 3 rings (SSSR count). The molecular formula is C16H18N4O2. The molecule has 1 aliphatic rings. The third-order valence-electron chi connectivity index (χ3n) is 3.82. The number of primary amides is 1. The van der Waals surface area contributed by atoms with Crippen LogP contribution in [0.2, 0.25) is 0 Å². The molecular weight excluding hydrogens is 280 g/mol. The maximum Gasteiger partial charge on any atom is 0.272 e. The molecule has 0 aliphatic carbocycles. The lowest BCUT2D eigenvalue weighted by atomic mass is 10.0. The largest absolute Gasteiger partial charge is 0.385 e. The molecule has 1 aliphatic heterocycles. The van der Waals surface area contributed by atoms with Gasteiger partial charge in [0.15, 0.2) is 0 Å². The number of amides is 2. The number of aromatic nitrogens is 1. The molecule has 114 valence electrons. The first kappa shape index (κ1) is 14.2. The Bertz CT molecular complexity index is 749. The molecule has 2 heterocycles. The minimum Gasteiger partial charge on any atom is -0.385 e. The Morgan fingerprint density at radius 2 is 2.14 bits per heavy atom. The number of carbonyl (C=O) groups excluding carboxylic acids is 2. The van der Waals surface area contributed by atoms with Gasteiger partial charge in [0.05, 0.1) is 5.56 Å². The minimum atomic E-state index is -0.547. The molecule has 22 heavy (non-hydrogen) atoms. The van der Waals surface area contributed by atoms with E-state index < -0.39 is 5.91 Å². The molecule has 0 saturated heterocycles. The normalized spacial score (nSPS) is 13.1. The van der Waals surface area contributed by atoms with Crippen LogP contribution in [0.5, 0.6) is 0 Å². The third kappa shape index (κ3) is 2.67. The van der Waals surface area contributed by atoms with E-state index >= 15 is 0 Å². The van der Waals surface area contributed by atoms with Gasteiger partial charge in [0, 0.05) is 31.2 Å². The predicted molar refractivity (Wildman–Crippen MR) is 85.1 cm³/mol. The number of hydrogen-bond donors (Lipinski definition) is 3. The lowest BCUT2D eigenvalue weighted by molar-refractivity contribution is 0.0998. The number of nitrogens with two attached hydrogens (primary N) is 1. The molecule has 1 aromatic heterocycles. The van der Waals surface area contributed by atoms with E-state index in [1.807, 2.05) is 18.2 Å². The van der Waals surface area contributed by atoms with Crippen LogP contribution in [-0.4, -0.2) is 22.9 Å².